The molecule has 0 aliphatic carbocycles. The third kappa shape index (κ3) is 5.74. The zero-order valence-corrected chi connectivity index (χ0v) is 15.7. The first-order chi connectivity index (χ1) is 13.2. The number of piperidine rings is 1. The van der Waals surface area contributed by atoms with Gasteiger partial charge in [-0.25, -0.2) is 14.4 Å². The Morgan fingerprint density at radius 1 is 1.15 bits per heavy atom. The van der Waals surface area contributed by atoms with Gasteiger partial charge in [-0.3, -0.25) is 0 Å². The minimum absolute atomic E-state index is 0.169. The molecule has 1 aromatic heterocycles. The molecule has 2 radical (unpaired) electrons. The lowest BCUT2D eigenvalue weighted by Gasteiger charge is -2.32. The molecule has 1 saturated heterocycles. The second-order valence-electron chi connectivity index (χ2n) is 6.95. The van der Waals surface area contributed by atoms with Crippen LogP contribution >= 0.6 is 0 Å². The minimum atomic E-state index is -0.388. The van der Waals surface area contributed by atoms with Crippen LogP contribution in [0.3, 0.4) is 0 Å². The largest absolute Gasteiger partial charge is 0.380 e. The molecule has 0 unspecified atom stereocenters. The van der Waals surface area contributed by atoms with Gasteiger partial charge < -0.3 is 14.4 Å². The van der Waals surface area contributed by atoms with Crippen LogP contribution in [-0.4, -0.2) is 44.6 Å². The number of rotatable bonds is 8. The van der Waals surface area contributed by atoms with Gasteiger partial charge in [-0.15, -0.1) is 0 Å². The van der Waals surface area contributed by atoms with E-state index in [1.54, 1.807) is 19.2 Å². The Labute approximate surface area is 161 Å². The molecular formula is C20H25BFN3O2. The quantitative estimate of drug-likeness (QED) is 0.528. The zero-order valence-electron chi connectivity index (χ0n) is 15.7. The topological polar surface area (TPSA) is 47.5 Å². The highest BCUT2D eigenvalue weighted by molar-refractivity contribution is 6.32. The van der Waals surface area contributed by atoms with Gasteiger partial charge in [0.1, 0.15) is 13.7 Å². The van der Waals surface area contributed by atoms with E-state index < -0.39 is 0 Å². The number of hydrogen-bond acceptors (Lipinski definition) is 5. The predicted octanol–water partition coefficient (Wildman–Crippen LogP) is 2.38. The molecule has 0 saturated carbocycles. The van der Waals surface area contributed by atoms with Gasteiger partial charge in [0.25, 0.3) is 0 Å². The summed E-state index contributed by atoms with van der Waals surface area (Å²) >= 11 is 0. The zero-order chi connectivity index (χ0) is 19.1. The van der Waals surface area contributed by atoms with Crippen LogP contribution in [0.2, 0.25) is 0 Å². The van der Waals surface area contributed by atoms with E-state index in [1.165, 1.54) is 6.07 Å². The van der Waals surface area contributed by atoms with Gasteiger partial charge in [-0.05, 0) is 36.8 Å². The molecule has 2 aromatic rings. The molecule has 1 aromatic carbocycles. The number of hydrogen-bond donors (Lipinski definition) is 0. The summed E-state index contributed by atoms with van der Waals surface area (Å²) in [6.07, 6.45) is 6.86. The van der Waals surface area contributed by atoms with Gasteiger partial charge in [0.15, 0.2) is 0 Å². The van der Waals surface area contributed by atoms with Gasteiger partial charge in [0.05, 0.1) is 13.2 Å². The van der Waals surface area contributed by atoms with E-state index in [0.717, 1.165) is 49.4 Å². The summed E-state index contributed by atoms with van der Waals surface area (Å²) in [5.41, 5.74) is 1.96. The van der Waals surface area contributed by atoms with Crippen molar-refractivity contribution < 1.29 is 13.9 Å². The molecule has 142 valence electrons. The van der Waals surface area contributed by atoms with Crippen LogP contribution in [0.5, 0.6) is 0 Å². The summed E-state index contributed by atoms with van der Waals surface area (Å²) in [5.74, 6) is 1.04. The molecule has 1 aliphatic heterocycles. The lowest BCUT2D eigenvalue weighted by Crippen LogP contribution is -2.35. The first-order valence-corrected chi connectivity index (χ1v) is 9.32. The van der Waals surface area contributed by atoms with Crippen molar-refractivity contribution in [2.24, 2.45) is 5.92 Å². The Balaban J connectivity index is 1.36. The second-order valence-corrected chi connectivity index (χ2v) is 6.95. The maximum Gasteiger partial charge on any atom is 0.225 e. The monoisotopic (exact) mass is 369 g/mol. The van der Waals surface area contributed by atoms with Gasteiger partial charge >= 0.3 is 0 Å². The van der Waals surface area contributed by atoms with Crippen molar-refractivity contribution in [2.45, 2.75) is 32.5 Å². The Kier molecular flexibility index (Phi) is 7.18. The number of anilines is 1. The molecule has 5 nitrogen and oxygen atoms in total. The van der Waals surface area contributed by atoms with Gasteiger partial charge in [0, 0.05) is 44.8 Å². The molecular weight excluding hydrogens is 344 g/mol. The fourth-order valence-corrected chi connectivity index (χ4v) is 3.27. The normalized spacial score (nSPS) is 15.3. The molecule has 3 rings (SSSR count). The average molecular weight is 369 g/mol. The van der Waals surface area contributed by atoms with Gasteiger partial charge in [0.2, 0.25) is 5.95 Å². The summed E-state index contributed by atoms with van der Waals surface area (Å²) in [6, 6.07) is 4.81. The van der Waals surface area contributed by atoms with Crippen LogP contribution in [0, 0.1) is 11.7 Å². The minimum Gasteiger partial charge on any atom is -0.380 e. The van der Waals surface area contributed by atoms with Crippen molar-refractivity contribution >= 4 is 19.3 Å². The lowest BCUT2D eigenvalue weighted by molar-refractivity contribution is 0.103. The van der Waals surface area contributed by atoms with Crippen LogP contribution in [0.1, 0.15) is 30.4 Å². The molecule has 0 amide bonds. The molecule has 2 heterocycles. The third-order valence-corrected chi connectivity index (χ3v) is 4.90. The Bertz CT molecular complexity index is 722. The predicted molar refractivity (Wildman–Crippen MR) is 104 cm³/mol. The molecule has 27 heavy (non-hydrogen) atoms. The van der Waals surface area contributed by atoms with Crippen LogP contribution < -0.4 is 10.4 Å². The Hall–Kier alpha value is -1.99. The number of methoxy groups -OCH3 is 1. The van der Waals surface area contributed by atoms with E-state index in [9.17, 15) is 4.39 Å². The molecule has 7 heteroatoms. The second kappa shape index (κ2) is 9.81. The number of aromatic nitrogens is 2. The Morgan fingerprint density at radius 2 is 1.89 bits per heavy atom. The van der Waals surface area contributed by atoms with Crippen molar-refractivity contribution in [3.8, 4) is 0 Å². The van der Waals surface area contributed by atoms with Crippen LogP contribution in [0.15, 0.2) is 30.6 Å². The highest BCUT2D eigenvalue weighted by Crippen LogP contribution is 2.23. The summed E-state index contributed by atoms with van der Waals surface area (Å²) in [7, 11) is 7.14. The van der Waals surface area contributed by atoms with E-state index in [0.29, 0.717) is 25.7 Å². The van der Waals surface area contributed by atoms with Crippen LogP contribution in [0.4, 0.5) is 10.3 Å². The maximum absolute atomic E-state index is 13.4. The van der Waals surface area contributed by atoms with Crippen molar-refractivity contribution in [1.29, 1.82) is 0 Å². The first kappa shape index (κ1) is 19.8. The molecule has 1 aliphatic rings. The van der Waals surface area contributed by atoms with E-state index in [-0.39, 0.29) is 11.3 Å². The smallest absolute Gasteiger partial charge is 0.225 e. The summed E-state index contributed by atoms with van der Waals surface area (Å²) in [4.78, 5) is 11.1. The van der Waals surface area contributed by atoms with Crippen molar-refractivity contribution in [1.82, 2.24) is 9.97 Å². The van der Waals surface area contributed by atoms with Crippen molar-refractivity contribution in [2.75, 3.05) is 31.7 Å². The third-order valence-electron chi connectivity index (χ3n) is 4.90. The molecule has 0 atom stereocenters. The highest BCUT2D eigenvalue weighted by Gasteiger charge is 2.20. The van der Waals surface area contributed by atoms with E-state index >= 15 is 0 Å². The average Bonchev–Trinajstić information content (AvgIpc) is 2.69. The number of halogens is 1. The number of nitrogens with zero attached hydrogens (tertiary/aromatic N) is 3. The maximum atomic E-state index is 13.4. The molecule has 0 N–H and O–H groups in total. The van der Waals surface area contributed by atoms with E-state index in [1.807, 2.05) is 12.4 Å². The molecule has 1 fully saturated rings. The number of ether oxygens (including phenoxy) is 2. The van der Waals surface area contributed by atoms with E-state index in [4.69, 9.17) is 17.3 Å². The molecule has 0 bridgehead atoms. The van der Waals surface area contributed by atoms with Crippen LogP contribution in [0.25, 0.3) is 0 Å². The fourth-order valence-electron chi connectivity index (χ4n) is 3.27. The Morgan fingerprint density at radius 3 is 2.56 bits per heavy atom. The summed E-state index contributed by atoms with van der Waals surface area (Å²) < 4.78 is 24.2. The SMILES string of the molecule is [B]c1ccc(COCCC2CCN(c3ncc(COC)cn3)CC2)cc1F. The summed E-state index contributed by atoms with van der Waals surface area (Å²) in [5, 5.41) is 0. The van der Waals surface area contributed by atoms with Gasteiger partial charge in [-0.2, -0.15) is 0 Å². The first-order valence-electron chi connectivity index (χ1n) is 9.32. The lowest BCUT2D eigenvalue weighted by atomic mass is 9.94. The van der Waals surface area contributed by atoms with Crippen LogP contribution in [-0.2, 0) is 22.7 Å². The van der Waals surface area contributed by atoms with Gasteiger partial charge in [-0.1, -0.05) is 17.6 Å². The number of benzene rings is 1. The summed E-state index contributed by atoms with van der Waals surface area (Å²) in [6.45, 7) is 3.54. The standard InChI is InChI=1S/C20H25BFN3O2/c1-26-13-17-11-23-20(24-12-17)25-7-4-15(5-8-25)6-9-27-14-16-2-3-18(21)19(22)10-16/h2-3,10-12,15H,4-9,13-14H2,1H3. The van der Waals surface area contributed by atoms with Crippen molar-refractivity contribution in [3.05, 3.63) is 47.5 Å². The molecule has 0 spiro atoms. The van der Waals surface area contributed by atoms with Crippen molar-refractivity contribution in [3.63, 3.8) is 0 Å². The fraction of sp³-hybridized carbons (Fsp3) is 0.500. The highest BCUT2D eigenvalue weighted by atomic mass is 19.1. The van der Waals surface area contributed by atoms with E-state index in [2.05, 4.69) is 14.9 Å².